The Morgan fingerprint density at radius 2 is 2.35 bits per heavy atom. The van der Waals surface area contributed by atoms with Gasteiger partial charge in [-0.25, -0.2) is 9.97 Å². The standard InChI is InChI=1S/C11H9ClN4S/c12-9-8(17-11(13)16-9)4-6-5-15-10-7(6)2-1-3-14-10/h1-3,5H,4H2,(H2,13,16)(H,14,15). The summed E-state index contributed by atoms with van der Waals surface area (Å²) in [6.07, 6.45) is 4.43. The number of anilines is 1. The number of H-pyrrole nitrogens is 1. The molecule has 0 saturated heterocycles. The van der Waals surface area contributed by atoms with Crippen LogP contribution in [-0.2, 0) is 6.42 Å². The summed E-state index contributed by atoms with van der Waals surface area (Å²) < 4.78 is 0. The molecule has 0 aliphatic carbocycles. The zero-order valence-corrected chi connectivity index (χ0v) is 10.3. The van der Waals surface area contributed by atoms with E-state index < -0.39 is 0 Å². The third-order valence-electron chi connectivity index (χ3n) is 2.55. The minimum atomic E-state index is 0.491. The van der Waals surface area contributed by atoms with Crippen LogP contribution in [-0.4, -0.2) is 15.0 Å². The summed E-state index contributed by atoms with van der Waals surface area (Å²) >= 11 is 7.43. The van der Waals surface area contributed by atoms with Crippen molar-refractivity contribution in [3.05, 3.63) is 40.1 Å². The van der Waals surface area contributed by atoms with Crippen molar-refractivity contribution in [2.45, 2.75) is 6.42 Å². The van der Waals surface area contributed by atoms with Gasteiger partial charge in [0.1, 0.15) is 10.8 Å². The molecule has 0 aliphatic heterocycles. The maximum Gasteiger partial charge on any atom is 0.181 e. The van der Waals surface area contributed by atoms with E-state index in [4.69, 9.17) is 17.3 Å². The third-order valence-corrected chi connectivity index (χ3v) is 3.86. The molecule has 0 unspecified atom stereocenters. The van der Waals surface area contributed by atoms with E-state index in [1.54, 1.807) is 6.20 Å². The predicted molar refractivity (Wildman–Crippen MR) is 70.4 cm³/mol. The Kier molecular flexibility index (Phi) is 2.49. The van der Waals surface area contributed by atoms with Crippen molar-refractivity contribution in [2.24, 2.45) is 0 Å². The number of thiazole rings is 1. The van der Waals surface area contributed by atoms with Gasteiger partial charge in [0.15, 0.2) is 5.13 Å². The average Bonchev–Trinajstić information content (AvgIpc) is 2.85. The molecule has 3 aromatic heterocycles. The minimum Gasteiger partial charge on any atom is -0.375 e. The summed E-state index contributed by atoms with van der Waals surface area (Å²) in [5, 5.41) is 2.10. The summed E-state index contributed by atoms with van der Waals surface area (Å²) in [5.41, 5.74) is 7.66. The highest BCUT2D eigenvalue weighted by molar-refractivity contribution is 7.15. The molecule has 0 bridgehead atoms. The van der Waals surface area contributed by atoms with Crippen LogP contribution in [0.3, 0.4) is 0 Å². The van der Waals surface area contributed by atoms with Gasteiger partial charge in [-0.3, -0.25) is 0 Å². The molecule has 86 valence electrons. The SMILES string of the molecule is Nc1nc(Cl)c(Cc2c[nH]c3ncccc23)s1. The molecule has 0 saturated carbocycles. The lowest BCUT2D eigenvalue weighted by molar-refractivity contribution is 1.23. The lowest BCUT2D eigenvalue weighted by Crippen LogP contribution is -1.83. The van der Waals surface area contributed by atoms with E-state index in [0.717, 1.165) is 27.9 Å². The first-order valence-electron chi connectivity index (χ1n) is 5.05. The Bertz CT molecular complexity index is 673. The molecule has 0 aliphatic rings. The number of nitrogens with two attached hydrogens (primary N) is 1. The zero-order chi connectivity index (χ0) is 11.8. The molecule has 3 aromatic rings. The number of rotatable bonds is 2. The highest BCUT2D eigenvalue weighted by Gasteiger charge is 2.11. The highest BCUT2D eigenvalue weighted by atomic mass is 35.5. The van der Waals surface area contributed by atoms with E-state index in [0.29, 0.717) is 10.3 Å². The fourth-order valence-electron chi connectivity index (χ4n) is 1.79. The fourth-order valence-corrected chi connectivity index (χ4v) is 2.86. The molecular weight excluding hydrogens is 256 g/mol. The first kappa shape index (κ1) is 10.6. The smallest absolute Gasteiger partial charge is 0.181 e. The van der Waals surface area contributed by atoms with Gasteiger partial charge in [0, 0.05) is 24.2 Å². The maximum absolute atomic E-state index is 6.01. The van der Waals surface area contributed by atoms with Crippen molar-refractivity contribution >= 4 is 39.1 Å². The predicted octanol–water partition coefficient (Wildman–Crippen LogP) is 2.85. The number of pyridine rings is 1. The maximum atomic E-state index is 6.01. The molecule has 0 fully saturated rings. The molecule has 3 rings (SSSR count). The van der Waals surface area contributed by atoms with Gasteiger partial charge < -0.3 is 10.7 Å². The van der Waals surface area contributed by atoms with Gasteiger partial charge in [0.2, 0.25) is 0 Å². The van der Waals surface area contributed by atoms with Crippen molar-refractivity contribution < 1.29 is 0 Å². The number of hydrogen-bond donors (Lipinski definition) is 2. The van der Waals surface area contributed by atoms with Gasteiger partial charge in [-0.15, -0.1) is 11.3 Å². The molecule has 3 N–H and O–H groups in total. The zero-order valence-electron chi connectivity index (χ0n) is 8.77. The van der Waals surface area contributed by atoms with Crippen LogP contribution >= 0.6 is 22.9 Å². The average molecular weight is 265 g/mol. The van der Waals surface area contributed by atoms with Crippen LogP contribution in [0.4, 0.5) is 5.13 Å². The summed E-state index contributed by atoms with van der Waals surface area (Å²) in [7, 11) is 0. The van der Waals surface area contributed by atoms with Crippen LogP contribution in [0.5, 0.6) is 0 Å². The number of hydrogen-bond acceptors (Lipinski definition) is 4. The Labute approximate surface area is 106 Å². The van der Waals surface area contributed by atoms with Gasteiger partial charge in [0.25, 0.3) is 0 Å². The van der Waals surface area contributed by atoms with Crippen LogP contribution in [0.1, 0.15) is 10.4 Å². The molecule has 3 heterocycles. The summed E-state index contributed by atoms with van der Waals surface area (Å²) in [5.74, 6) is 0. The topological polar surface area (TPSA) is 67.6 Å². The highest BCUT2D eigenvalue weighted by Crippen LogP contribution is 2.29. The number of nitrogens with zero attached hydrogens (tertiary/aromatic N) is 2. The van der Waals surface area contributed by atoms with Gasteiger partial charge in [0.05, 0.1) is 4.88 Å². The van der Waals surface area contributed by atoms with E-state index in [-0.39, 0.29) is 0 Å². The first-order valence-corrected chi connectivity index (χ1v) is 6.25. The van der Waals surface area contributed by atoms with Crippen LogP contribution in [0, 0.1) is 0 Å². The molecule has 17 heavy (non-hydrogen) atoms. The number of aromatic amines is 1. The van der Waals surface area contributed by atoms with Crippen molar-refractivity contribution in [2.75, 3.05) is 5.73 Å². The summed E-state index contributed by atoms with van der Waals surface area (Å²) in [6.45, 7) is 0. The van der Waals surface area contributed by atoms with E-state index >= 15 is 0 Å². The van der Waals surface area contributed by atoms with E-state index in [2.05, 4.69) is 15.0 Å². The molecule has 0 radical (unpaired) electrons. The number of nitrogen functional groups attached to an aromatic ring is 1. The van der Waals surface area contributed by atoms with Crippen LogP contribution in [0.25, 0.3) is 11.0 Å². The minimum absolute atomic E-state index is 0.491. The monoisotopic (exact) mass is 264 g/mol. The van der Waals surface area contributed by atoms with Gasteiger partial charge in [-0.1, -0.05) is 11.6 Å². The molecule has 0 atom stereocenters. The number of aromatic nitrogens is 3. The quantitative estimate of drug-likeness (QED) is 0.748. The second kappa shape index (κ2) is 4.01. The van der Waals surface area contributed by atoms with Gasteiger partial charge in [-0.2, -0.15) is 0 Å². The molecule has 6 heteroatoms. The van der Waals surface area contributed by atoms with E-state index in [1.165, 1.54) is 11.3 Å². The lowest BCUT2D eigenvalue weighted by Gasteiger charge is -1.96. The van der Waals surface area contributed by atoms with Crippen LogP contribution in [0.15, 0.2) is 24.5 Å². The van der Waals surface area contributed by atoms with Gasteiger partial charge in [-0.05, 0) is 17.7 Å². The Morgan fingerprint density at radius 1 is 1.47 bits per heavy atom. The van der Waals surface area contributed by atoms with E-state index in [9.17, 15) is 0 Å². The van der Waals surface area contributed by atoms with Crippen molar-refractivity contribution in [3.63, 3.8) is 0 Å². The van der Waals surface area contributed by atoms with E-state index in [1.807, 2.05) is 18.3 Å². The number of fused-ring (bicyclic) bond motifs is 1. The first-order chi connectivity index (χ1) is 8.24. The van der Waals surface area contributed by atoms with Crippen molar-refractivity contribution in [1.29, 1.82) is 0 Å². The van der Waals surface area contributed by atoms with Crippen molar-refractivity contribution in [3.8, 4) is 0 Å². The van der Waals surface area contributed by atoms with Crippen LogP contribution in [0.2, 0.25) is 5.15 Å². The summed E-state index contributed by atoms with van der Waals surface area (Å²) in [4.78, 5) is 12.4. The Hall–Kier alpha value is -1.59. The third kappa shape index (κ3) is 1.87. The Morgan fingerprint density at radius 3 is 3.12 bits per heavy atom. The lowest BCUT2D eigenvalue weighted by atomic mass is 10.1. The summed E-state index contributed by atoms with van der Waals surface area (Å²) in [6, 6.07) is 3.95. The second-order valence-electron chi connectivity index (χ2n) is 3.66. The van der Waals surface area contributed by atoms with Crippen molar-refractivity contribution in [1.82, 2.24) is 15.0 Å². The molecular formula is C11H9ClN4S. The molecule has 0 spiro atoms. The Balaban J connectivity index is 2.03. The number of halogens is 1. The normalized spacial score (nSPS) is 11.1. The molecule has 0 aromatic carbocycles. The molecule has 4 nitrogen and oxygen atoms in total. The molecule has 0 amide bonds. The number of nitrogens with one attached hydrogen (secondary N) is 1. The largest absolute Gasteiger partial charge is 0.375 e. The fraction of sp³-hybridized carbons (Fsp3) is 0.0909. The second-order valence-corrected chi connectivity index (χ2v) is 5.13. The van der Waals surface area contributed by atoms with Crippen LogP contribution < -0.4 is 5.73 Å². The van der Waals surface area contributed by atoms with Gasteiger partial charge >= 0.3 is 0 Å².